The van der Waals surface area contributed by atoms with Crippen molar-refractivity contribution in [1.82, 2.24) is 4.90 Å². The summed E-state index contributed by atoms with van der Waals surface area (Å²) >= 11 is 0. The smallest absolute Gasteiger partial charge is 0.282 e. The quantitative estimate of drug-likeness (QED) is 0.655. The summed E-state index contributed by atoms with van der Waals surface area (Å²) in [5.74, 6) is 0.106. The average Bonchev–Trinajstić information content (AvgIpc) is 3.23. The molecule has 0 spiro atoms. The van der Waals surface area contributed by atoms with E-state index in [1.165, 1.54) is 6.07 Å². The zero-order valence-electron chi connectivity index (χ0n) is 11.7. The highest BCUT2D eigenvalue weighted by molar-refractivity contribution is 5.99. The highest BCUT2D eigenvalue weighted by atomic mass is 16.6. The van der Waals surface area contributed by atoms with Crippen molar-refractivity contribution in [3.05, 3.63) is 39.4 Å². The Hall–Kier alpha value is -1.95. The molecule has 0 radical (unpaired) electrons. The number of carbonyl (C=O) groups excluding carboxylic acids is 1. The van der Waals surface area contributed by atoms with Gasteiger partial charge in [-0.25, -0.2) is 0 Å². The third-order valence-corrected chi connectivity index (χ3v) is 3.89. The van der Waals surface area contributed by atoms with Crippen LogP contribution in [0.5, 0.6) is 0 Å². The third-order valence-electron chi connectivity index (χ3n) is 3.89. The molecule has 1 amide bonds. The standard InChI is InChI=1S/C14H19N3O3/c1-9-4-3-5-11(17(19)20)13(9)14(18)16(2)12(8-15)10-6-7-10/h3-5,10,12H,6-8,15H2,1-2H3. The number of rotatable bonds is 5. The van der Waals surface area contributed by atoms with Crippen molar-refractivity contribution in [3.8, 4) is 0 Å². The Morgan fingerprint density at radius 3 is 2.70 bits per heavy atom. The number of aryl methyl sites for hydroxylation is 1. The number of hydrogen-bond acceptors (Lipinski definition) is 4. The van der Waals surface area contributed by atoms with Gasteiger partial charge in [-0.15, -0.1) is 0 Å². The lowest BCUT2D eigenvalue weighted by Crippen LogP contribution is -2.43. The minimum absolute atomic E-state index is 0.0401. The van der Waals surface area contributed by atoms with E-state index in [0.29, 0.717) is 18.0 Å². The molecule has 1 aliphatic carbocycles. The fourth-order valence-corrected chi connectivity index (χ4v) is 2.56. The summed E-state index contributed by atoms with van der Waals surface area (Å²) in [5.41, 5.74) is 6.37. The molecule has 6 nitrogen and oxygen atoms in total. The van der Waals surface area contributed by atoms with Crippen LogP contribution in [0.15, 0.2) is 18.2 Å². The Bertz CT molecular complexity index is 540. The van der Waals surface area contributed by atoms with Gasteiger partial charge in [-0.3, -0.25) is 14.9 Å². The minimum atomic E-state index is -0.511. The summed E-state index contributed by atoms with van der Waals surface area (Å²) < 4.78 is 0. The molecule has 1 saturated carbocycles. The predicted octanol–water partition coefficient (Wildman–Crippen LogP) is 1.71. The lowest BCUT2D eigenvalue weighted by atomic mass is 10.0. The molecule has 108 valence electrons. The molecule has 0 heterocycles. The van der Waals surface area contributed by atoms with Gasteiger partial charge in [0.2, 0.25) is 0 Å². The first-order chi connectivity index (χ1) is 9.47. The second-order valence-electron chi connectivity index (χ2n) is 5.28. The monoisotopic (exact) mass is 277 g/mol. The molecule has 0 aliphatic heterocycles. The van der Waals surface area contributed by atoms with Crippen molar-refractivity contribution in [2.75, 3.05) is 13.6 Å². The number of nitrogens with zero attached hydrogens (tertiary/aromatic N) is 2. The first kappa shape index (κ1) is 14.5. The van der Waals surface area contributed by atoms with Gasteiger partial charge in [-0.05, 0) is 31.2 Å². The van der Waals surface area contributed by atoms with Gasteiger partial charge in [0.05, 0.1) is 4.92 Å². The van der Waals surface area contributed by atoms with Crippen molar-refractivity contribution in [3.63, 3.8) is 0 Å². The van der Waals surface area contributed by atoms with E-state index in [-0.39, 0.29) is 23.2 Å². The Kier molecular flexibility index (Phi) is 4.04. The van der Waals surface area contributed by atoms with Gasteiger partial charge in [0.1, 0.15) is 5.56 Å². The van der Waals surface area contributed by atoms with E-state index in [9.17, 15) is 14.9 Å². The molecule has 20 heavy (non-hydrogen) atoms. The van der Waals surface area contributed by atoms with Gasteiger partial charge >= 0.3 is 0 Å². The van der Waals surface area contributed by atoms with Gasteiger partial charge in [0.15, 0.2) is 0 Å². The van der Waals surface area contributed by atoms with Crippen LogP contribution in [0.25, 0.3) is 0 Å². The zero-order valence-corrected chi connectivity index (χ0v) is 11.7. The van der Waals surface area contributed by atoms with E-state index in [2.05, 4.69) is 0 Å². The van der Waals surface area contributed by atoms with Gasteiger partial charge in [0.25, 0.3) is 11.6 Å². The molecule has 1 aromatic carbocycles. The third kappa shape index (κ3) is 2.65. The predicted molar refractivity (Wildman–Crippen MR) is 75.5 cm³/mol. The van der Waals surface area contributed by atoms with Crippen LogP contribution in [0.3, 0.4) is 0 Å². The topological polar surface area (TPSA) is 89.5 Å². The molecule has 0 aromatic heterocycles. The summed E-state index contributed by atoms with van der Waals surface area (Å²) in [5, 5.41) is 11.1. The highest BCUT2D eigenvalue weighted by Gasteiger charge is 2.36. The average molecular weight is 277 g/mol. The molecule has 2 N–H and O–H groups in total. The molecule has 0 saturated heterocycles. The maximum atomic E-state index is 12.6. The molecule has 1 unspecified atom stereocenters. The van der Waals surface area contributed by atoms with Crippen LogP contribution >= 0.6 is 0 Å². The van der Waals surface area contributed by atoms with Crippen LogP contribution in [-0.4, -0.2) is 35.4 Å². The second-order valence-corrected chi connectivity index (χ2v) is 5.28. The van der Waals surface area contributed by atoms with Crippen molar-refractivity contribution >= 4 is 11.6 Å². The number of nitro benzene ring substituents is 1. The van der Waals surface area contributed by atoms with Crippen LogP contribution in [0.2, 0.25) is 0 Å². The summed E-state index contributed by atoms with van der Waals surface area (Å²) in [6, 6.07) is 4.62. The fourth-order valence-electron chi connectivity index (χ4n) is 2.56. The summed E-state index contributed by atoms with van der Waals surface area (Å²) in [4.78, 5) is 24.7. The zero-order chi connectivity index (χ0) is 14.9. The Labute approximate surface area is 117 Å². The second kappa shape index (κ2) is 5.58. The normalized spacial score (nSPS) is 15.8. The molecule has 2 rings (SSSR count). The van der Waals surface area contributed by atoms with Crippen molar-refractivity contribution in [2.24, 2.45) is 11.7 Å². The molecule has 1 aromatic rings. The molecule has 1 atom stereocenters. The van der Waals surface area contributed by atoms with Crippen LogP contribution in [0.1, 0.15) is 28.8 Å². The van der Waals surface area contributed by atoms with E-state index in [1.54, 1.807) is 31.0 Å². The first-order valence-corrected chi connectivity index (χ1v) is 6.68. The number of nitro groups is 1. The number of benzene rings is 1. The van der Waals surface area contributed by atoms with Crippen LogP contribution in [0, 0.1) is 23.0 Å². The minimum Gasteiger partial charge on any atom is -0.337 e. The van der Waals surface area contributed by atoms with E-state index in [1.807, 2.05) is 0 Å². The molecular weight excluding hydrogens is 258 g/mol. The maximum Gasteiger partial charge on any atom is 0.282 e. The van der Waals surface area contributed by atoms with E-state index in [4.69, 9.17) is 5.73 Å². The largest absolute Gasteiger partial charge is 0.337 e. The molecular formula is C14H19N3O3. The number of likely N-dealkylation sites (N-methyl/N-ethyl adjacent to an activating group) is 1. The molecule has 1 aliphatic rings. The van der Waals surface area contributed by atoms with Crippen molar-refractivity contribution in [2.45, 2.75) is 25.8 Å². The molecule has 1 fully saturated rings. The SMILES string of the molecule is Cc1cccc([N+](=O)[O-])c1C(=O)N(C)C(CN)C1CC1. The summed E-state index contributed by atoms with van der Waals surface area (Å²) in [7, 11) is 1.67. The number of hydrogen-bond donors (Lipinski definition) is 1. The maximum absolute atomic E-state index is 12.6. The highest BCUT2D eigenvalue weighted by Crippen LogP contribution is 2.35. The fraction of sp³-hybridized carbons (Fsp3) is 0.500. The summed E-state index contributed by atoms with van der Waals surface area (Å²) in [6.07, 6.45) is 2.13. The van der Waals surface area contributed by atoms with E-state index in [0.717, 1.165) is 12.8 Å². The van der Waals surface area contributed by atoms with Gasteiger partial charge in [0, 0.05) is 25.7 Å². The van der Waals surface area contributed by atoms with E-state index < -0.39 is 4.92 Å². The lowest BCUT2D eigenvalue weighted by molar-refractivity contribution is -0.385. The van der Waals surface area contributed by atoms with Crippen molar-refractivity contribution < 1.29 is 9.72 Å². The molecule has 0 bridgehead atoms. The first-order valence-electron chi connectivity index (χ1n) is 6.68. The van der Waals surface area contributed by atoms with Crippen LogP contribution in [0.4, 0.5) is 5.69 Å². The Balaban J connectivity index is 2.35. The Morgan fingerprint density at radius 2 is 2.20 bits per heavy atom. The van der Waals surface area contributed by atoms with Crippen molar-refractivity contribution in [1.29, 1.82) is 0 Å². The number of nitrogens with two attached hydrogens (primary N) is 1. The van der Waals surface area contributed by atoms with Gasteiger partial charge < -0.3 is 10.6 Å². The van der Waals surface area contributed by atoms with Gasteiger partial charge in [-0.2, -0.15) is 0 Å². The van der Waals surface area contributed by atoms with Crippen LogP contribution < -0.4 is 5.73 Å². The van der Waals surface area contributed by atoms with Gasteiger partial charge in [-0.1, -0.05) is 12.1 Å². The summed E-state index contributed by atoms with van der Waals surface area (Å²) in [6.45, 7) is 2.09. The van der Waals surface area contributed by atoms with E-state index >= 15 is 0 Å². The van der Waals surface area contributed by atoms with Crippen LogP contribution in [-0.2, 0) is 0 Å². The molecule has 6 heteroatoms. The number of carbonyl (C=O) groups is 1. The number of amides is 1. The lowest BCUT2D eigenvalue weighted by Gasteiger charge is -2.27. The Morgan fingerprint density at radius 1 is 1.55 bits per heavy atom.